The van der Waals surface area contributed by atoms with E-state index in [1.54, 1.807) is 37.4 Å². The van der Waals surface area contributed by atoms with Gasteiger partial charge in [0.25, 0.3) is 0 Å². The first-order valence-corrected chi connectivity index (χ1v) is 7.74. The second-order valence-electron chi connectivity index (χ2n) is 5.17. The molecule has 0 atom stereocenters. The van der Waals surface area contributed by atoms with Gasteiger partial charge in [0.2, 0.25) is 0 Å². The standard InChI is InChI=1S/C20H19NO4/c1-3-5-15-8-9-18(19(11-15)23-2)24-14-20(22)25-13-17-7-4-6-16(10-17)12-21/h3-11H,13-14H2,1-2H3. The maximum Gasteiger partial charge on any atom is 0.344 e. The number of hydrogen-bond donors (Lipinski definition) is 0. The topological polar surface area (TPSA) is 68.5 Å². The lowest BCUT2D eigenvalue weighted by atomic mass is 10.1. The van der Waals surface area contributed by atoms with E-state index in [1.165, 1.54) is 0 Å². The van der Waals surface area contributed by atoms with E-state index >= 15 is 0 Å². The van der Waals surface area contributed by atoms with Crippen LogP contribution in [-0.4, -0.2) is 19.7 Å². The zero-order valence-electron chi connectivity index (χ0n) is 14.2. The van der Waals surface area contributed by atoms with Crippen molar-refractivity contribution in [2.45, 2.75) is 13.5 Å². The molecule has 25 heavy (non-hydrogen) atoms. The first-order valence-electron chi connectivity index (χ1n) is 7.74. The van der Waals surface area contributed by atoms with E-state index in [2.05, 4.69) is 0 Å². The minimum atomic E-state index is -0.498. The molecule has 5 nitrogen and oxygen atoms in total. The molecule has 0 aliphatic carbocycles. The molecule has 2 aromatic rings. The Labute approximate surface area is 147 Å². The summed E-state index contributed by atoms with van der Waals surface area (Å²) in [4.78, 5) is 11.8. The van der Waals surface area contributed by atoms with Crippen molar-refractivity contribution in [3.63, 3.8) is 0 Å². The third-order valence-electron chi connectivity index (χ3n) is 3.35. The first kappa shape index (κ1) is 18.1. The van der Waals surface area contributed by atoms with Gasteiger partial charge in [0, 0.05) is 0 Å². The van der Waals surface area contributed by atoms with Crippen LogP contribution in [0.15, 0.2) is 48.5 Å². The van der Waals surface area contributed by atoms with Gasteiger partial charge in [0.1, 0.15) is 6.61 Å². The van der Waals surface area contributed by atoms with Crippen LogP contribution in [0.3, 0.4) is 0 Å². The van der Waals surface area contributed by atoms with Crippen molar-refractivity contribution in [3.8, 4) is 17.6 Å². The average molecular weight is 337 g/mol. The lowest BCUT2D eigenvalue weighted by Crippen LogP contribution is -2.15. The lowest BCUT2D eigenvalue weighted by Gasteiger charge is -2.11. The molecular weight excluding hydrogens is 318 g/mol. The molecule has 0 saturated heterocycles. The maximum absolute atomic E-state index is 11.8. The van der Waals surface area contributed by atoms with Gasteiger partial charge >= 0.3 is 5.97 Å². The molecule has 0 aliphatic heterocycles. The van der Waals surface area contributed by atoms with Gasteiger partial charge in [-0.25, -0.2) is 4.79 Å². The summed E-state index contributed by atoms with van der Waals surface area (Å²) >= 11 is 0. The summed E-state index contributed by atoms with van der Waals surface area (Å²) in [5.41, 5.74) is 2.25. The number of carbonyl (C=O) groups excluding carboxylic acids is 1. The number of methoxy groups -OCH3 is 1. The van der Waals surface area contributed by atoms with E-state index in [-0.39, 0.29) is 13.2 Å². The lowest BCUT2D eigenvalue weighted by molar-refractivity contribution is -0.147. The highest BCUT2D eigenvalue weighted by Crippen LogP contribution is 2.28. The minimum Gasteiger partial charge on any atom is -0.493 e. The van der Waals surface area contributed by atoms with Gasteiger partial charge in [-0.15, -0.1) is 0 Å². The quantitative estimate of drug-likeness (QED) is 0.720. The zero-order chi connectivity index (χ0) is 18.1. The summed E-state index contributed by atoms with van der Waals surface area (Å²) in [6.45, 7) is 1.80. The molecule has 2 aromatic carbocycles. The fourth-order valence-corrected chi connectivity index (χ4v) is 2.17. The number of hydrogen-bond acceptors (Lipinski definition) is 5. The highest BCUT2D eigenvalue weighted by atomic mass is 16.6. The SMILES string of the molecule is CC=Cc1ccc(OCC(=O)OCc2cccc(C#N)c2)c(OC)c1. The second-order valence-corrected chi connectivity index (χ2v) is 5.17. The molecule has 0 N–H and O–H groups in total. The van der Waals surface area contributed by atoms with Crippen molar-refractivity contribution >= 4 is 12.0 Å². The van der Waals surface area contributed by atoms with Gasteiger partial charge < -0.3 is 14.2 Å². The molecule has 0 fully saturated rings. The number of allylic oxidation sites excluding steroid dienone is 1. The number of nitriles is 1. The van der Waals surface area contributed by atoms with Crippen LogP contribution >= 0.6 is 0 Å². The van der Waals surface area contributed by atoms with Gasteiger partial charge in [-0.2, -0.15) is 5.26 Å². The summed E-state index contributed by atoms with van der Waals surface area (Å²) in [5, 5.41) is 8.86. The van der Waals surface area contributed by atoms with Crippen LogP contribution in [0.4, 0.5) is 0 Å². The molecule has 0 radical (unpaired) electrons. The molecule has 2 rings (SSSR count). The number of esters is 1. The van der Waals surface area contributed by atoms with Crippen LogP contribution in [0, 0.1) is 11.3 Å². The largest absolute Gasteiger partial charge is 0.493 e. The van der Waals surface area contributed by atoms with E-state index in [0.29, 0.717) is 17.1 Å². The fourth-order valence-electron chi connectivity index (χ4n) is 2.17. The fraction of sp³-hybridized carbons (Fsp3) is 0.200. The predicted molar refractivity (Wildman–Crippen MR) is 94.2 cm³/mol. The second kappa shape index (κ2) is 9.14. The smallest absolute Gasteiger partial charge is 0.344 e. The van der Waals surface area contributed by atoms with Crippen molar-refractivity contribution < 1.29 is 19.0 Å². The van der Waals surface area contributed by atoms with Crippen LogP contribution < -0.4 is 9.47 Å². The third kappa shape index (κ3) is 5.40. The Bertz CT molecular complexity index is 806. The Kier molecular flexibility index (Phi) is 6.61. The van der Waals surface area contributed by atoms with Crippen LogP contribution in [0.5, 0.6) is 11.5 Å². The molecule has 0 aliphatic rings. The van der Waals surface area contributed by atoms with E-state index in [0.717, 1.165) is 11.1 Å². The van der Waals surface area contributed by atoms with E-state index in [1.807, 2.05) is 37.3 Å². The van der Waals surface area contributed by atoms with Gasteiger partial charge in [0.05, 0.1) is 18.7 Å². The van der Waals surface area contributed by atoms with E-state index in [4.69, 9.17) is 19.5 Å². The highest BCUT2D eigenvalue weighted by Gasteiger charge is 2.09. The predicted octanol–water partition coefficient (Wildman–Crippen LogP) is 3.72. The first-order chi connectivity index (χ1) is 12.2. The van der Waals surface area contributed by atoms with Crippen LogP contribution in [0.1, 0.15) is 23.6 Å². The van der Waals surface area contributed by atoms with Crippen molar-refractivity contribution in [1.82, 2.24) is 0 Å². The molecule has 0 bridgehead atoms. The van der Waals surface area contributed by atoms with Gasteiger partial charge in [0.15, 0.2) is 18.1 Å². The molecule has 0 spiro atoms. The highest BCUT2D eigenvalue weighted by molar-refractivity contribution is 5.71. The van der Waals surface area contributed by atoms with Gasteiger partial charge in [-0.3, -0.25) is 0 Å². The summed E-state index contributed by atoms with van der Waals surface area (Å²) in [6.07, 6.45) is 3.86. The maximum atomic E-state index is 11.8. The Balaban J connectivity index is 1.90. The number of ether oxygens (including phenoxy) is 3. The van der Waals surface area contributed by atoms with E-state index < -0.39 is 5.97 Å². The molecular formula is C20H19NO4. The van der Waals surface area contributed by atoms with Crippen LogP contribution in [-0.2, 0) is 16.1 Å². The van der Waals surface area contributed by atoms with E-state index in [9.17, 15) is 4.79 Å². The normalized spacial score (nSPS) is 10.3. The molecule has 0 heterocycles. The van der Waals surface area contributed by atoms with Crippen LogP contribution in [0.25, 0.3) is 6.08 Å². The summed E-state index contributed by atoms with van der Waals surface area (Å²) < 4.78 is 15.9. The number of nitrogens with zero attached hydrogens (tertiary/aromatic N) is 1. The Morgan fingerprint density at radius 2 is 2.04 bits per heavy atom. The average Bonchev–Trinajstić information content (AvgIpc) is 2.65. The van der Waals surface area contributed by atoms with Crippen molar-refractivity contribution in [3.05, 3.63) is 65.2 Å². The van der Waals surface area contributed by atoms with Crippen LogP contribution in [0.2, 0.25) is 0 Å². The number of benzene rings is 2. The third-order valence-corrected chi connectivity index (χ3v) is 3.35. The Hall–Kier alpha value is -3.26. The summed E-state index contributed by atoms with van der Waals surface area (Å²) in [7, 11) is 1.54. The molecule has 0 amide bonds. The summed E-state index contributed by atoms with van der Waals surface area (Å²) in [5.74, 6) is 0.520. The Morgan fingerprint density at radius 3 is 2.76 bits per heavy atom. The molecule has 0 saturated carbocycles. The molecule has 0 unspecified atom stereocenters. The molecule has 128 valence electrons. The van der Waals surface area contributed by atoms with Gasteiger partial charge in [-0.1, -0.05) is 30.4 Å². The summed E-state index contributed by atoms with van der Waals surface area (Å²) in [6, 6.07) is 14.4. The van der Waals surface area contributed by atoms with Gasteiger partial charge in [-0.05, 0) is 42.3 Å². The van der Waals surface area contributed by atoms with Crippen molar-refractivity contribution in [2.24, 2.45) is 0 Å². The van der Waals surface area contributed by atoms with Crippen molar-refractivity contribution in [2.75, 3.05) is 13.7 Å². The van der Waals surface area contributed by atoms with Crippen molar-refractivity contribution in [1.29, 1.82) is 5.26 Å². The zero-order valence-corrected chi connectivity index (χ0v) is 14.2. The molecule has 5 heteroatoms. The number of carbonyl (C=O) groups is 1. The monoisotopic (exact) mass is 337 g/mol. The Morgan fingerprint density at radius 1 is 1.20 bits per heavy atom. The number of rotatable bonds is 7. The molecule has 0 aromatic heterocycles. The minimum absolute atomic E-state index is 0.0923.